The van der Waals surface area contributed by atoms with E-state index in [1.165, 1.54) is 0 Å². The maximum atomic E-state index is 11.5. The van der Waals surface area contributed by atoms with Gasteiger partial charge in [0, 0.05) is 18.2 Å². The molecule has 0 aromatic heterocycles. The normalized spacial score (nSPS) is 21.8. The van der Waals surface area contributed by atoms with Crippen LogP contribution in [0.15, 0.2) is 18.2 Å². The zero-order valence-electron chi connectivity index (χ0n) is 10.3. The van der Waals surface area contributed by atoms with Crippen LogP contribution in [0.2, 0.25) is 0 Å². The van der Waals surface area contributed by atoms with E-state index < -0.39 is 6.04 Å². The van der Waals surface area contributed by atoms with Crippen molar-refractivity contribution < 1.29 is 19.1 Å². The Bertz CT molecular complexity index is 529. The number of carbonyl (C=O) groups excluding carboxylic acids is 2. The summed E-state index contributed by atoms with van der Waals surface area (Å²) in [6, 6.07) is 4.88. The van der Waals surface area contributed by atoms with E-state index in [9.17, 15) is 9.59 Å². The van der Waals surface area contributed by atoms with Crippen LogP contribution in [0.25, 0.3) is 0 Å². The van der Waals surface area contributed by atoms with Gasteiger partial charge in [0.2, 0.25) is 11.8 Å². The molecule has 19 heavy (non-hydrogen) atoms. The van der Waals surface area contributed by atoms with E-state index in [1.54, 1.807) is 12.1 Å². The van der Waals surface area contributed by atoms with Gasteiger partial charge in [-0.15, -0.1) is 0 Å². The first-order valence-electron chi connectivity index (χ1n) is 6.22. The minimum Gasteiger partial charge on any atom is -0.490 e. The fraction of sp³-hybridized carbons (Fsp3) is 0.385. The van der Waals surface area contributed by atoms with E-state index in [1.807, 2.05) is 6.07 Å². The van der Waals surface area contributed by atoms with Gasteiger partial charge in [0.25, 0.3) is 0 Å². The van der Waals surface area contributed by atoms with Crippen molar-refractivity contribution in [1.29, 1.82) is 0 Å². The van der Waals surface area contributed by atoms with Crippen LogP contribution in [0.4, 0.5) is 5.69 Å². The molecule has 2 heterocycles. The van der Waals surface area contributed by atoms with E-state index in [-0.39, 0.29) is 18.2 Å². The van der Waals surface area contributed by atoms with E-state index >= 15 is 0 Å². The number of amides is 2. The molecule has 0 spiro atoms. The molecule has 0 radical (unpaired) electrons. The Hall–Kier alpha value is -2.24. The summed E-state index contributed by atoms with van der Waals surface area (Å²) in [5, 5.41) is 5.29. The molecule has 1 saturated heterocycles. The number of hydrogen-bond acceptors (Lipinski definition) is 5. The summed E-state index contributed by atoms with van der Waals surface area (Å²) < 4.78 is 11.1. The molecule has 1 atom stereocenters. The first-order valence-corrected chi connectivity index (χ1v) is 6.22. The van der Waals surface area contributed by atoms with Gasteiger partial charge in [-0.05, 0) is 12.1 Å². The molecule has 0 aliphatic carbocycles. The molecule has 2 amide bonds. The molecule has 1 aromatic rings. The fourth-order valence-electron chi connectivity index (χ4n) is 2.12. The van der Waals surface area contributed by atoms with Gasteiger partial charge in [0.15, 0.2) is 11.5 Å². The van der Waals surface area contributed by atoms with Crippen molar-refractivity contribution in [2.45, 2.75) is 18.9 Å². The third-order valence-corrected chi connectivity index (χ3v) is 3.06. The Balaban J connectivity index is 1.77. The number of imide groups is 1. The molecule has 6 heteroatoms. The van der Waals surface area contributed by atoms with Crippen LogP contribution >= 0.6 is 0 Å². The molecule has 2 aliphatic rings. The number of benzene rings is 1. The molecule has 3 rings (SSSR count). The summed E-state index contributed by atoms with van der Waals surface area (Å²) in [7, 11) is 0. The number of fused-ring (bicyclic) bond motifs is 1. The third kappa shape index (κ3) is 2.47. The lowest BCUT2D eigenvalue weighted by molar-refractivity contribution is -0.124. The molecule has 2 N–H and O–H groups in total. The van der Waals surface area contributed by atoms with E-state index in [2.05, 4.69) is 10.6 Å². The highest BCUT2D eigenvalue weighted by Gasteiger charge is 2.30. The molecule has 1 unspecified atom stereocenters. The summed E-state index contributed by atoms with van der Waals surface area (Å²) in [6.45, 7) is 1.25. The highest BCUT2D eigenvalue weighted by atomic mass is 16.5. The van der Waals surface area contributed by atoms with E-state index in [0.717, 1.165) is 12.1 Å². The molecular formula is C13H14N2O4. The number of anilines is 1. The summed E-state index contributed by atoms with van der Waals surface area (Å²) in [6.07, 6.45) is 1.00. The number of carbonyl (C=O) groups is 2. The number of hydrogen-bond donors (Lipinski definition) is 2. The van der Waals surface area contributed by atoms with Crippen LogP contribution in [-0.2, 0) is 9.59 Å². The van der Waals surface area contributed by atoms with Crippen molar-refractivity contribution in [2.24, 2.45) is 0 Å². The monoisotopic (exact) mass is 262 g/mol. The Kier molecular flexibility index (Phi) is 2.98. The molecule has 0 bridgehead atoms. The van der Waals surface area contributed by atoms with Crippen molar-refractivity contribution in [3.8, 4) is 11.5 Å². The van der Waals surface area contributed by atoms with Crippen molar-refractivity contribution in [2.75, 3.05) is 18.5 Å². The van der Waals surface area contributed by atoms with Gasteiger partial charge in [-0.25, -0.2) is 0 Å². The zero-order valence-corrected chi connectivity index (χ0v) is 10.3. The van der Waals surface area contributed by atoms with Gasteiger partial charge in [-0.1, -0.05) is 0 Å². The number of ether oxygens (including phenoxy) is 2. The topological polar surface area (TPSA) is 76.7 Å². The Morgan fingerprint density at radius 3 is 2.68 bits per heavy atom. The van der Waals surface area contributed by atoms with Crippen LogP contribution in [0, 0.1) is 0 Å². The van der Waals surface area contributed by atoms with E-state index in [0.29, 0.717) is 24.7 Å². The van der Waals surface area contributed by atoms with Gasteiger partial charge in [-0.3, -0.25) is 14.9 Å². The molecule has 1 aromatic carbocycles. The number of nitrogens with one attached hydrogen (secondary N) is 2. The van der Waals surface area contributed by atoms with Crippen molar-refractivity contribution >= 4 is 17.5 Å². The van der Waals surface area contributed by atoms with Gasteiger partial charge in [0.1, 0.15) is 6.04 Å². The average Bonchev–Trinajstić information content (AvgIpc) is 2.60. The quantitative estimate of drug-likeness (QED) is 0.766. The highest BCUT2D eigenvalue weighted by molar-refractivity contribution is 6.06. The molecule has 6 nitrogen and oxygen atoms in total. The Morgan fingerprint density at radius 1 is 1.16 bits per heavy atom. The largest absolute Gasteiger partial charge is 0.490 e. The van der Waals surface area contributed by atoms with Crippen LogP contribution in [0.5, 0.6) is 11.5 Å². The Labute approximate surface area is 110 Å². The van der Waals surface area contributed by atoms with Crippen molar-refractivity contribution in [3.05, 3.63) is 18.2 Å². The first kappa shape index (κ1) is 11.8. The number of rotatable bonds is 2. The van der Waals surface area contributed by atoms with E-state index in [4.69, 9.17) is 9.47 Å². The minimum atomic E-state index is -0.516. The van der Waals surface area contributed by atoms with Gasteiger partial charge < -0.3 is 14.8 Å². The maximum absolute atomic E-state index is 11.5. The molecule has 0 saturated carbocycles. The Morgan fingerprint density at radius 2 is 1.95 bits per heavy atom. The molecule has 2 aliphatic heterocycles. The first-order chi connectivity index (χ1) is 9.22. The highest BCUT2D eigenvalue weighted by Crippen LogP contribution is 2.32. The smallest absolute Gasteiger partial charge is 0.249 e. The van der Waals surface area contributed by atoms with Gasteiger partial charge in [-0.2, -0.15) is 0 Å². The van der Waals surface area contributed by atoms with Gasteiger partial charge >= 0.3 is 0 Å². The van der Waals surface area contributed by atoms with Crippen LogP contribution in [-0.4, -0.2) is 31.1 Å². The van der Waals surface area contributed by atoms with Crippen LogP contribution in [0.1, 0.15) is 12.8 Å². The summed E-state index contributed by atoms with van der Waals surface area (Å²) >= 11 is 0. The molecular weight excluding hydrogens is 248 g/mol. The van der Waals surface area contributed by atoms with Crippen molar-refractivity contribution in [3.63, 3.8) is 0 Å². The fourth-order valence-corrected chi connectivity index (χ4v) is 2.12. The molecule has 100 valence electrons. The average molecular weight is 262 g/mol. The molecule has 1 fully saturated rings. The summed E-state index contributed by atoms with van der Waals surface area (Å²) in [5.41, 5.74) is 0.735. The second kappa shape index (κ2) is 4.79. The predicted molar refractivity (Wildman–Crippen MR) is 67.2 cm³/mol. The lowest BCUT2D eigenvalue weighted by atomic mass is 10.2. The lowest BCUT2D eigenvalue weighted by Crippen LogP contribution is -2.29. The second-order valence-electron chi connectivity index (χ2n) is 4.53. The summed E-state index contributed by atoms with van der Waals surface area (Å²) in [4.78, 5) is 22.6. The summed E-state index contributed by atoms with van der Waals surface area (Å²) in [5.74, 6) is 0.816. The standard InChI is InChI=1S/C13H14N2O4/c16-12-7-9(13(17)15-12)14-8-2-3-10-11(6-8)19-5-1-4-18-10/h2-3,6,9,14H,1,4-5,7H2,(H,15,16,17). The third-order valence-electron chi connectivity index (χ3n) is 3.06. The minimum absolute atomic E-state index is 0.160. The maximum Gasteiger partial charge on any atom is 0.249 e. The van der Waals surface area contributed by atoms with Gasteiger partial charge in [0.05, 0.1) is 19.6 Å². The SMILES string of the molecule is O=C1CC(Nc2ccc3c(c2)OCCCO3)C(=O)N1. The predicted octanol–water partition coefficient (Wildman–Crippen LogP) is 0.675. The van der Waals surface area contributed by atoms with Crippen LogP contribution in [0.3, 0.4) is 0 Å². The zero-order chi connectivity index (χ0) is 13.2. The van der Waals surface area contributed by atoms with Crippen molar-refractivity contribution in [1.82, 2.24) is 5.32 Å². The van der Waals surface area contributed by atoms with Crippen LogP contribution < -0.4 is 20.1 Å². The lowest BCUT2D eigenvalue weighted by Gasteiger charge is -2.13. The second-order valence-corrected chi connectivity index (χ2v) is 4.53.